The van der Waals surface area contributed by atoms with E-state index in [1.165, 1.54) is 11.3 Å². The third-order valence-electron chi connectivity index (χ3n) is 2.90. The molecule has 0 aliphatic carbocycles. The number of benzene rings is 1. The maximum absolute atomic E-state index is 12.0. The number of furan rings is 1. The number of halogens is 2. The number of nitrogens with zero attached hydrogens (tertiary/aromatic N) is 1. The van der Waals surface area contributed by atoms with E-state index in [0.717, 1.165) is 5.76 Å². The van der Waals surface area contributed by atoms with Crippen molar-refractivity contribution in [3.05, 3.63) is 51.5 Å². The maximum Gasteiger partial charge on any atom is 0.325 e. The summed E-state index contributed by atoms with van der Waals surface area (Å²) in [5, 5.41) is 8.42. The van der Waals surface area contributed by atoms with Crippen LogP contribution in [0.15, 0.2) is 40.1 Å². The van der Waals surface area contributed by atoms with Gasteiger partial charge in [0, 0.05) is 10.4 Å². The van der Waals surface area contributed by atoms with Gasteiger partial charge in [0.05, 0.1) is 10.7 Å². The second-order valence-corrected chi connectivity index (χ2v) is 6.35. The first-order valence-electron chi connectivity index (χ1n) is 6.56. The van der Waals surface area contributed by atoms with E-state index in [-0.39, 0.29) is 0 Å². The van der Waals surface area contributed by atoms with Gasteiger partial charge in [0.2, 0.25) is 0 Å². The SMILES string of the molecule is Cc1ccc(-c2csc(NC(=O)Nc3ccc(Cl)cc3Cl)n2)o1. The number of rotatable bonds is 3. The Morgan fingerprint density at radius 2 is 2.04 bits per heavy atom. The standard InChI is InChI=1S/C15H11Cl2N3O2S/c1-8-2-5-13(22-8)12-7-23-15(19-12)20-14(21)18-11-4-3-9(16)6-10(11)17/h2-7H,1H3,(H2,18,19,20,21). The largest absolute Gasteiger partial charge is 0.460 e. The van der Waals surface area contributed by atoms with E-state index < -0.39 is 6.03 Å². The van der Waals surface area contributed by atoms with Gasteiger partial charge in [0.1, 0.15) is 11.5 Å². The summed E-state index contributed by atoms with van der Waals surface area (Å²) in [6.07, 6.45) is 0. The Labute approximate surface area is 146 Å². The first kappa shape index (κ1) is 15.9. The quantitative estimate of drug-likeness (QED) is 0.627. The Balaban J connectivity index is 1.67. The summed E-state index contributed by atoms with van der Waals surface area (Å²) in [5.41, 5.74) is 1.13. The Morgan fingerprint density at radius 3 is 2.74 bits per heavy atom. The van der Waals surface area contributed by atoms with Crippen LogP contribution in [-0.4, -0.2) is 11.0 Å². The molecule has 0 atom stereocenters. The molecule has 23 heavy (non-hydrogen) atoms. The average Bonchev–Trinajstić information content (AvgIpc) is 3.11. The molecular weight excluding hydrogens is 357 g/mol. The normalized spacial score (nSPS) is 10.6. The molecule has 0 aliphatic heterocycles. The van der Waals surface area contributed by atoms with Gasteiger partial charge in [-0.05, 0) is 37.3 Å². The van der Waals surface area contributed by atoms with Gasteiger partial charge in [-0.2, -0.15) is 0 Å². The molecule has 0 spiro atoms. The van der Waals surface area contributed by atoms with Crippen LogP contribution >= 0.6 is 34.5 Å². The molecular formula is C15H11Cl2N3O2S. The zero-order chi connectivity index (χ0) is 16.4. The molecule has 0 saturated carbocycles. The lowest BCUT2D eigenvalue weighted by molar-refractivity contribution is 0.262. The van der Waals surface area contributed by atoms with Gasteiger partial charge in [-0.25, -0.2) is 9.78 Å². The van der Waals surface area contributed by atoms with Crippen LogP contribution in [0.4, 0.5) is 15.6 Å². The zero-order valence-electron chi connectivity index (χ0n) is 11.9. The van der Waals surface area contributed by atoms with Crippen molar-refractivity contribution in [1.29, 1.82) is 0 Å². The predicted molar refractivity (Wildman–Crippen MR) is 93.7 cm³/mol. The predicted octanol–water partition coefficient (Wildman–Crippen LogP) is 5.66. The Kier molecular flexibility index (Phi) is 4.56. The molecule has 5 nitrogen and oxygen atoms in total. The van der Waals surface area contributed by atoms with Gasteiger partial charge in [0.25, 0.3) is 0 Å². The highest BCUT2D eigenvalue weighted by molar-refractivity contribution is 7.14. The molecule has 2 N–H and O–H groups in total. The van der Waals surface area contributed by atoms with Crippen LogP contribution in [0.25, 0.3) is 11.5 Å². The molecule has 0 aliphatic rings. The highest BCUT2D eigenvalue weighted by Crippen LogP contribution is 2.28. The number of aromatic nitrogens is 1. The summed E-state index contributed by atoms with van der Waals surface area (Å²) < 4.78 is 5.50. The molecule has 0 fully saturated rings. The van der Waals surface area contributed by atoms with Crippen LogP contribution in [-0.2, 0) is 0 Å². The van der Waals surface area contributed by atoms with E-state index in [0.29, 0.717) is 32.3 Å². The molecule has 8 heteroatoms. The van der Waals surface area contributed by atoms with Gasteiger partial charge in [0.15, 0.2) is 10.9 Å². The Bertz CT molecular complexity index is 860. The van der Waals surface area contributed by atoms with Crippen molar-refractivity contribution in [2.45, 2.75) is 6.92 Å². The fourth-order valence-electron chi connectivity index (χ4n) is 1.86. The first-order chi connectivity index (χ1) is 11.0. The molecule has 0 saturated heterocycles. The molecule has 0 bridgehead atoms. The smallest absolute Gasteiger partial charge is 0.325 e. The lowest BCUT2D eigenvalue weighted by atomic mass is 10.3. The molecule has 1 aromatic carbocycles. The van der Waals surface area contributed by atoms with E-state index in [4.69, 9.17) is 27.6 Å². The fraction of sp³-hybridized carbons (Fsp3) is 0.0667. The second kappa shape index (κ2) is 6.62. The number of aryl methyl sites for hydroxylation is 1. The number of carbonyl (C=O) groups excluding carboxylic acids is 1. The molecule has 2 amide bonds. The number of carbonyl (C=O) groups is 1. The summed E-state index contributed by atoms with van der Waals surface area (Å²) in [5.74, 6) is 1.46. The van der Waals surface area contributed by atoms with Crippen molar-refractivity contribution < 1.29 is 9.21 Å². The second-order valence-electron chi connectivity index (χ2n) is 4.65. The van der Waals surface area contributed by atoms with Crippen LogP contribution in [0.3, 0.4) is 0 Å². The number of nitrogens with one attached hydrogen (secondary N) is 2. The van der Waals surface area contributed by atoms with Crippen molar-refractivity contribution in [3.63, 3.8) is 0 Å². The van der Waals surface area contributed by atoms with Crippen LogP contribution < -0.4 is 10.6 Å². The molecule has 118 valence electrons. The van der Waals surface area contributed by atoms with Crippen LogP contribution in [0, 0.1) is 6.92 Å². The lowest BCUT2D eigenvalue weighted by Crippen LogP contribution is -2.19. The summed E-state index contributed by atoms with van der Waals surface area (Å²) in [7, 11) is 0. The van der Waals surface area contributed by atoms with Crippen LogP contribution in [0.5, 0.6) is 0 Å². The molecule has 3 aromatic rings. The van der Waals surface area contributed by atoms with Gasteiger partial charge in [-0.1, -0.05) is 23.2 Å². The van der Waals surface area contributed by atoms with Gasteiger partial charge in [-0.3, -0.25) is 5.32 Å². The van der Waals surface area contributed by atoms with Crippen LogP contribution in [0.1, 0.15) is 5.76 Å². The zero-order valence-corrected chi connectivity index (χ0v) is 14.2. The van der Waals surface area contributed by atoms with Crippen molar-refractivity contribution in [2.75, 3.05) is 10.6 Å². The number of hydrogen-bond donors (Lipinski definition) is 2. The maximum atomic E-state index is 12.0. The number of anilines is 2. The highest BCUT2D eigenvalue weighted by Gasteiger charge is 2.11. The van der Waals surface area contributed by atoms with Crippen LogP contribution in [0.2, 0.25) is 10.0 Å². The van der Waals surface area contributed by atoms with E-state index in [2.05, 4.69) is 15.6 Å². The summed E-state index contributed by atoms with van der Waals surface area (Å²) in [6, 6.07) is 8.08. The molecule has 0 unspecified atom stereocenters. The third kappa shape index (κ3) is 3.85. The average molecular weight is 368 g/mol. The van der Waals surface area contributed by atoms with Crippen molar-refractivity contribution in [3.8, 4) is 11.5 Å². The number of thiazole rings is 1. The Morgan fingerprint density at radius 1 is 1.22 bits per heavy atom. The first-order valence-corrected chi connectivity index (χ1v) is 8.20. The molecule has 0 radical (unpaired) electrons. The van der Waals surface area contributed by atoms with Crippen molar-refractivity contribution in [2.24, 2.45) is 0 Å². The molecule has 2 aromatic heterocycles. The highest BCUT2D eigenvalue weighted by atomic mass is 35.5. The fourth-order valence-corrected chi connectivity index (χ4v) is 3.01. The third-order valence-corrected chi connectivity index (χ3v) is 4.20. The number of hydrogen-bond acceptors (Lipinski definition) is 4. The van der Waals surface area contributed by atoms with E-state index in [9.17, 15) is 4.79 Å². The minimum Gasteiger partial charge on any atom is -0.460 e. The van der Waals surface area contributed by atoms with E-state index in [1.807, 2.05) is 24.4 Å². The summed E-state index contributed by atoms with van der Waals surface area (Å²) in [6.45, 7) is 1.86. The van der Waals surface area contributed by atoms with Gasteiger partial charge >= 0.3 is 6.03 Å². The van der Waals surface area contributed by atoms with Crippen molar-refractivity contribution in [1.82, 2.24) is 4.98 Å². The van der Waals surface area contributed by atoms with E-state index in [1.54, 1.807) is 18.2 Å². The Hall–Kier alpha value is -2.02. The lowest BCUT2D eigenvalue weighted by Gasteiger charge is -2.07. The minimum atomic E-state index is -0.439. The monoisotopic (exact) mass is 367 g/mol. The van der Waals surface area contributed by atoms with Gasteiger partial charge in [-0.15, -0.1) is 11.3 Å². The van der Waals surface area contributed by atoms with E-state index >= 15 is 0 Å². The minimum absolute atomic E-state index is 0.360. The summed E-state index contributed by atoms with van der Waals surface area (Å²) >= 11 is 13.1. The molecule has 3 rings (SSSR count). The number of amides is 2. The number of urea groups is 1. The molecule has 2 heterocycles. The summed E-state index contributed by atoms with van der Waals surface area (Å²) in [4.78, 5) is 16.3. The topological polar surface area (TPSA) is 67.2 Å². The van der Waals surface area contributed by atoms with Crippen molar-refractivity contribution >= 4 is 51.4 Å². The van der Waals surface area contributed by atoms with Gasteiger partial charge < -0.3 is 9.73 Å².